The van der Waals surface area contributed by atoms with Gasteiger partial charge >= 0.3 is 0 Å². The smallest absolute Gasteiger partial charge is 0.258 e. The molecule has 0 saturated carbocycles. The molecule has 0 aliphatic carbocycles. The highest BCUT2D eigenvalue weighted by molar-refractivity contribution is 6.07. The van der Waals surface area contributed by atoms with Crippen LogP contribution in [-0.2, 0) is 0 Å². The summed E-state index contributed by atoms with van der Waals surface area (Å²) in [4.78, 5) is 14.3. The van der Waals surface area contributed by atoms with Crippen LogP contribution in [0.4, 0.5) is 10.1 Å². The summed E-state index contributed by atoms with van der Waals surface area (Å²) in [5, 5.41) is 8.95. The van der Waals surface area contributed by atoms with Crippen molar-refractivity contribution in [1.29, 1.82) is 5.26 Å². The fourth-order valence-corrected chi connectivity index (χ4v) is 2.48. The summed E-state index contributed by atoms with van der Waals surface area (Å²) in [5.74, 6) is -0.296. The van der Waals surface area contributed by atoms with E-state index in [1.165, 1.54) is 18.2 Å². The summed E-state index contributed by atoms with van der Waals surface area (Å²) in [6.45, 7) is 2.19. The summed E-state index contributed by atoms with van der Waals surface area (Å²) in [6, 6.07) is 12.6. The molecule has 3 rings (SSSR count). The highest BCUT2D eigenvalue weighted by Gasteiger charge is 2.28. The summed E-state index contributed by atoms with van der Waals surface area (Å²) in [7, 11) is 0. The number of amides is 1. The molecule has 1 aliphatic rings. The fourth-order valence-electron chi connectivity index (χ4n) is 2.48. The summed E-state index contributed by atoms with van der Waals surface area (Å²) in [5.41, 5.74) is 1.38. The van der Waals surface area contributed by atoms with Crippen LogP contribution in [-0.4, -0.2) is 18.6 Å². The van der Waals surface area contributed by atoms with E-state index >= 15 is 0 Å². The molecule has 5 heteroatoms. The molecule has 2 aromatic rings. The standard InChI is InChI=1S/C17H13FN2O2/c1-11-10-20(15-6-5-14(18)8-16(15)22-11)17(21)13-4-2-3-12(7-13)9-19/h2-8,11H,10H2,1H3/t11-/m0/s1. The van der Waals surface area contributed by atoms with Gasteiger partial charge in [0.2, 0.25) is 0 Å². The van der Waals surface area contributed by atoms with Gasteiger partial charge in [-0.1, -0.05) is 6.07 Å². The second-order valence-electron chi connectivity index (χ2n) is 5.15. The van der Waals surface area contributed by atoms with Crippen LogP contribution in [0, 0.1) is 17.1 Å². The molecule has 1 atom stereocenters. The van der Waals surface area contributed by atoms with Crippen molar-refractivity contribution in [3.63, 3.8) is 0 Å². The summed E-state index contributed by atoms with van der Waals surface area (Å²) >= 11 is 0. The van der Waals surface area contributed by atoms with Crippen LogP contribution >= 0.6 is 0 Å². The first-order valence-electron chi connectivity index (χ1n) is 6.86. The van der Waals surface area contributed by atoms with E-state index in [2.05, 4.69) is 0 Å². The number of hydrogen-bond donors (Lipinski definition) is 0. The molecule has 2 aromatic carbocycles. The average Bonchev–Trinajstić information content (AvgIpc) is 2.53. The number of nitrogens with zero attached hydrogens (tertiary/aromatic N) is 2. The topological polar surface area (TPSA) is 53.3 Å². The first kappa shape index (κ1) is 14.1. The SMILES string of the molecule is C[C@H]1CN(C(=O)c2cccc(C#N)c2)c2ccc(F)cc2O1. The normalized spacial score (nSPS) is 16.4. The number of ether oxygens (including phenoxy) is 1. The molecule has 110 valence electrons. The quantitative estimate of drug-likeness (QED) is 0.812. The Balaban J connectivity index is 2.01. The molecule has 4 nitrogen and oxygen atoms in total. The highest BCUT2D eigenvalue weighted by Crippen LogP contribution is 2.34. The summed E-state index contributed by atoms with van der Waals surface area (Å²) in [6.07, 6.45) is -0.239. The molecule has 0 bridgehead atoms. The molecule has 1 amide bonds. The number of carbonyl (C=O) groups is 1. The van der Waals surface area contributed by atoms with Gasteiger partial charge in [-0.3, -0.25) is 4.79 Å². The van der Waals surface area contributed by atoms with E-state index in [0.717, 1.165) is 0 Å². The van der Waals surface area contributed by atoms with Crippen molar-refractivity contribution in [3.8, 4) is 11.8 Å². The molecule has 1 heterocycles. The monoisotopic (exact) mass is 296 g/mol. The minimum absolute atomic E-state index is 0.236. The number of anilines is 1. The Morgan fingerprint density at radius 1 is 1.36 bits per heavy atom. The van der Waals surface area contributed by atoms with Crippen LogP contribution < -0.4 is 9.64 Å². The van der Waals surface area contributed by atoms with Gasteiger partial charge in [0, 0.05) is 11.6 Å². The van der Waals surface area contributed by atoms with Gasteiger partial charge in [-0.15, -0.1) is 0 Å². The third kappa shape index (κ3) is 2.51. The maximum Gasteiger partial charge on any atom is 0.258 e. The second-order valence-corrected chi connectivity index (χ2v) is 5.15. The van der Waals surface area contributed by atoms with Crippen molar-refractivity contribution in [1.82, 2.24) is 0 Å². The predicted octanol–water partition coefficient (Wildman–Crippen LogP) is 3.13. The summed E-state index contributed by atoms with van der Waals surface area (Å²) < 4.78 is 18.9. The second kappa shape index (κ2) is 5.49. The number of fused-ring (bicyclic) bond motifs is 1. The van der Waals surface area contributed by atoms with E-state index in [1.807, 2.05) is 13.0 Å². The molecule has 0 saturated heterocycles. The Morgan fingerprint density at radius 3 is 2.95 bits per heavy atom. The van der Waals surface area contributed by atoms with Crippen molar-refractivity contribution < 1.29 is 13.9 Å². The van der Waals surface area contributed by atoms with Crippen molar-refractivity contribution >= 4 is 11.6 Å². The Bertz CT molecular complexity index is 782. The fraction of sp³-hybridized carbons (Fsp3) is 0.176. The molecular formula is C17H13FN2O2. The zero-order valence-corrected chi connectivity index (χ0v) is 11.9. The van der Waals surface area contributed by atoms with Crippen LogP contribution in [0.25, 0.3) is 0 Å². The Kier molecular flexibility index (Phi) is 3.51. The van der Waals surface area contributed by atoms with Crippen LogP contribution in [0.3, 0.4) is 0 Å². The molecule has 1 aliphatic heterocycles. The van der Waals surface area contributed by atoms with E-state index < -0.39 is 5.82 Å². The van der Waals surface area contributed by atoms with Crippen LogP contribution in [0.1, 0.15) is 22.8 Å². The maximum absolute atomic E-state index is 13.4. The zero-order valence-electron chi connectivity index (χ0n) is 11.9. The number of nitriles is 1. The molecule has 0 fully saturated rings. The molecule has 0 unspecified atom stereocenters. The van der Waals surface area contributed by atoms with E-state index in [1.54, 1.807) is 29.2 Å². The van der Waals surface area contributed by atoms with Crippen molar-refractivity contribution in [2.75, 3.05) is 11.4 Å². The van der Waals surface area contributed by atoms with Gasteiger partial charge in [0.25, 0.3) is 5.91 Å². The maximum atomic E-state index is 13.4. The van der Waals surface area contributed by atoms with E-state index in [0.29, 0.717) is 29.1 Å². The minimum Gasteiger partial charge on any atom is -0.487 e. The molecule has 0 aromatic heterocycles. The van der Waals surface area contributed by atoms with Gasteiger partial charge < -0.3 is 9.64 Å². The number of halogens is 1. The predicted molar refractivity (Wildman–Crippen MR) is 79.3 cm³/mol. The number of hydrogen-bond acceptors (Lipinski definition) is 3. The van der Waals surface area contributed by atoms with Crippen molar-refractivity contribution in [2.45, 2.75) is 13.0 Å². The lowest BCUT2D eigenvalue weighted by Gasteiger charge is -2.33. The zero-order chi connectivity index (χ0) is 15.7. The molecule has 22 heavy (non-hydrogen) atoms. The molecule has 0 radical (unpaired) electrons. The lowest BCUT2D eigenvalue weighted by Crippen LogP contribution is -2.42. The van der Waals surface area contributed by atoms with Gasteiger partial charge in [0.05, 0.1) is 23.9 Å². The molecular weight excluding hydrogens is 283 g/mol. The first-order valence-corrected chi connectivity index (χ1v) is 6.86. The van der Waals surface area contributed by atoms with E-state index in [-0.39, 0.29) is 12.0 Å². The third-order valence-electron chi connectivity index (χ3n) is 3.46. The van der Waals surface area contributed by atoms with Gasteiger partial charge in [-0.2, -0.15) is 5.26 Å². The Morgan fingerprint density at radius 2 is 2.18 bits per heavy atom. The highest BCUT2D eigenvalue weighted by atomic mass is 19.1. The minimum atomic E-state index is -0.410. The van der Waals surface area contributed by atoms with Crippen LogP contribution in [0.2, 0.25) is 0 Å². The van der Waals surface area contributed by atoms with Gasteiger partial charge in [0.15, 0.2) is 0 Å². The van der Waals surface area contributed by atoms with Gasteiger partial charge in [-0.25, -0.2) is 4.39 Å². The van der Waals surface area contributed by atoms with Crippen LogP contribution in [0.5, 0.6) is 5.75 Å². The third-order valence-corrected chi connectivity index (χ3v) is 3.46. The number of rotatable bonds is 1. The van der Waals surface area contributed by atoms with Crippen molar-refractivity contribution in [2.24, 2.45) is 0 Å². The Hall–Kier alpha value is -2.87. The lowest BCUT2D eigenvalue weighted by atomic mass is 10.1. The van der Waals surface area contributed by atoms with Crippen LogP contribution in [0.15, 0.2) is 42.5 Å². The van der Waals surface area contributed by atoms with Crippen molar-refractivity contribution in [3.05, 3.63) is 59.4 Å². The lowest BCUT2D eigenvalue weighted by molar-refractivity contribution is 0.0961. The first-order chi connectivity index (χ1) is 10.6. The Labute approximate surface area is 127 Å². The number of benzene rings is 2. The van der Waals surface area contributed by atoms with Gasteiger partial charge in [0.1, 0.15) is 17.7 Å². The number of carbonyl (C=O) groups excluding carboxylic acids is 1. The molecule has 0 N–H and O–H groups in total. The molecule has 0 spiro atoms. The van der Waals surface area contributed by atoms with E-state index in [9.17, 15) is 9.18 Å². The largest absolute Gasteiger partial charge is 0.487 e. The van der Waals surface area contributed by atoms with Gasteiger partial charge in [-0.05, 0) is 37.3 Å². The van der Waals surface area contributed by atoms with E-state index in [4.69, 9.17) is 10.00 Å². The average molecular weight is 296 g/mol.